The van der Waals surface area contributed by atoms with E-state index in [9.17, 15) is 9.18 Å². The molecule has 2 saturated carbocycles. The zero-order valence-corrected chi connectivity index (χ0v) is 13.4. The molecule has 0 amide bonds. The number of nitrogens with zero attached hydrogens (tertiary/aromatic N) is 4. The fourth-order valence-corrected chi connectivity index (χ4v) is 4.26. The standard InChI is InChI=1S/C17H16FN5O2/c18-11-3-8-14-13(20-6-25-14)17(24)23(7-1-2-7)15(8)21-16(11)22-4-9-10(5-22)12(9)19/h3,6-7,9-10,12H,1-2,4-5,19H2. The zero-order valence-electron chi connectivity index (χ0n) is 13.4. The maximum absolute atomic E-state index is 14.8. The third-order valence-electron chi connectivity index (χ3n) is 5.87. The molecule has 128 valence electrons. The number of aromatic nitrogens is 3. The van der Waals surface area contributed by atoms with Gasteiger partial charge in [-0.2, -0.15) is 0 Å². The number of rotatable bonds is 2. The molecule has 3 fully saturated rings. The minimum atomic E-state index is -0.402. The van der Waals surface area contributed by atoms with Crippen LogP contribution in [0.2, 0.25) is 0 Å². The Bertz CT molecular complexity index is 1090. The third-order valence-corrected chi connectivity index (χ3v) is 5.87. The highest BCUT2D eigenvalue weighted by molar-refractivity contribution is 5.99. The van der Waals surface area contributed by atoms with Crippen LogP contribution in [-0.2, 0) is 0 Å². The van der Waals surface area contributed by atoms with Crippen LogP contribution in [0.5, 0.6) is 0 Å². The molecule has 8 heteroatoms. The van der Waals surface area contributed by atoms with E-state index in [2.05, 4.69) is 9.97 Å². The molecule has 25 heavy (non-hydrogen) atoms. The summed E-state index contributed by atoms with van der Waals surface area (Å²) in [5.41, 5.74) is 6.79. The van der Waals surface area contributed by atoms with Gasteiger partial charge in [-0.15, -0.1) is 0 Å². The van der Waals surface area contributed by atoms with Crippen molar-refractivity contribution in [3.05, 3.63) is 28.6 Å². The third kappa shape index (κ3) is 1.75. The molecule has 2 atom stereocenters. The van der Waals surface area contributed by atoms with E-state index in [0.29, 0.717) is 34.3 Å². The van der Waals surface area contributed by atoms with Crippen molar-refractivity contribution >= 4 is 28.0 Å². The Hall–Kier alpha value is -2.48. The molecule has 0 bridgehead atoms. The van der Waals surface area contributed by atoms with E-state index in [1.165, 1.54) is 12.5 Å². The highest BCUT2D eigenvalue weighted by atomic mass is 19.1. The lowest BCUT2D eigenvalue weighted by atomic mass is 10.2. The first kappa shape index (κ1) is 13.8. The van der Waals surface area contributed by atoms with E-state index in [0.717, 1.165) is 25.9 Å². The number of nitrogens with two attached hydrogens (primary N) is 1. The zero-order chi connectivity index (χ0) is 16.9. The van der Waals surface area contributed by atoms with Crippen molar-refractivity contribution in [2.24, 2.45) is 17.6 Å². The van der Waals surface area contributed by atoms with Crippen LogP contribution in [0.25, 0.3) is 22.1 Å². The van der Waals surface area contributed by atoms with Crippen LogP contribution in [0, 0.1) is 17.7 Å². The van der Waals surface area contributed by atoms with E-state index in [1.54, 1.807) is 4.57 Å². The van der Waals surface area contributed by atoms with Gasteiger partial charge in [0, 0.05) is 25.2 Å². The normalized spacial score (nSPS) is 28.1. The van der Waals surface area contributed by atoms with Gasteiger partial charge < -0.3 is 15.1 Å². The lowest BCUT2D eigenvalue weighted by Crippen LogP contribution is -2.30. The molecular formula is C17H16FN5O2. The van der Waals surface area contributed by atoms with Crippen LogP contribution >= 0.6 is 0 Å². The molecule has 2 aliphatic carbocycles. The Morgan fingerprint density at radius 2 is 2.04 bits per heavy atom. The van der Waals surface area contributed by atoms with Gasteiger partial charge in [0.25, 0.3) is 5.56 Å². The second kappa shape index (κ2) is 4.37. The summed E-state index contributed by atoms with van der Waals surface area (Å²) in [5, 5.41) is 0.501. The van der Waals surface area contributed by atoms with Crippen LogP contribution in [0.1, 0.15) is 18.9 Å². The predicted molar refractivity (Wildman–Crippen MR) is 89.0 cm³/mol. The van der Waals surface area contributed by atoms with Gasteiger partial charge in [-0.3, -0.25) is 9.36 Å². The summed E-state index contributed by atoms with van der Waals surface area (Å²) in [6.45, 7) is 1.44. The molecule has 0 spiro atoms. The van der Waals surface area contributed by atoms with Crippen molar-refractivity contribution in [2.45, 2.75) is 24.9 Å². The average Bonchev–Trinajstić information content (AvgIpc) is 3.38. The fourth-order valence-electron chi connectivity index (χ4n) is 4.26. The molecule has 2 N–H and O–H groups in total. The molecule has 4 heterocycles. The summed E-state index contributed by atoms with van der Waals surface area (Å²) >= 11 is 0. The topological polar surface area (TPSA) is 90.2 Å². The molecule has 3 aliphatic rings. The average molecular weight is 341 g/mol. The number of fused-ring (bicyclic) bond motifs is 4. The van der Waals surface area contributed by atoms with Crippen LogP contribution in [-0.4, -0.2) is 33.7 Å². The van der Waals surface area contributed by atoms with E-state index in [1.807, 2.05) is 4.90 Å². The van der Waals surface area contributed by atoms with E-state index < -0.39 is 5.82 Å². The van der Waals surface area contributed by atoms with Crippen LogP contribution < -0.4 is 16.2 Å². The van der Waals surface area contributed by atoms with Crippen molar-refractivity contribution in [3.8, 4) is 0 Å². The molecule has 1 saturated heterocycles. The molecule has 7 nitrogen and oxygen atoms in total. The van der Waals surface area contributed by atoms with Crippen molar-refractivity contribution < 1.29 is 8.81 Å². The van der Waals surface area contributed by atoms with Crippen LogP contribution in [0.3, 0.4) is 0 Å². The molecule has 3 aromatic rings. The van der Waals surface area contributed by atoms with E-state index in [4.69, 9.17) is 10.2 Å². The fraction of sp³-hybridized carbons (Fsp3) is 0.471. The predicted octanol–water partition coefficient (Wildman–Crippen LogP) is 1.40. The maximum Gasteiger partial charge on any atom is 0.282 e. The Morgan fingerprint density at radius 1 is 1.28 bits per heavy atom. The van der Waals surface area contributed by atoms with Gasteiger partial charge in [0.1, 0.15) is 5.65 Å². The Kier molecular flexibility index (Phi) is 2.41. The minimum absolute atomic E-state index is 0.113. The highest BCUT2D eigenvalue weighted by Gasteiger charge is 2.54. The van der Waals surface area contributed by atoms with E-state index in [-0.39, 0.29) is 23.2 Å². The van der Waals surface area contributed by atoms with Gasteiger partial charge in [-0.1, -0.05) is 0 Å². The molecule has 3 aromatic heterocycles. The first-order valence-corrected chi connectivity index (χ1v) is 8.62. The van der Waals surface area contributed by atoms with Crippen molar-refractivity contribution in [2.75, 3.05) is 18.0 Å². The number of oxazole rings is 1. The lowest BCUT2D eigenvalue weighted by Gasteiger charge is -2.21. The van der Waals surface area contributed by atoms with Gasteiger partial charge >= 0.3 is 0 Å². The summed E-state index contributed by atoms with van der Waals surface area (Å²) in [6, 6.07) is 1.77. The SMILES string of the molecule is NC1C2CN(c3nc4c(cc3F)c3ocnc3c(=O)n4C3CC3)CC12. The van der Waals surface area contributed by atoms with Gasteiger partial charge in [0.2, 0.25) is 0 Å². The summed E-state index contributed by atoms with van der Waals surface area (Å²) in [6.07, 6.45) is 3.08. The van der Waals surface area contributed by atoms with Crippen molar-refractivity contribution in [1.82, 2.24) is 14.5 Å². The smallest absolute Gasteiger partial charge is 0.282 e. The number of hydrogen-bond donors (Lipinski definition) is 1. The van der Waals surface area contributed by atoms with Crippen LogP contribution in [0.15, 0.2) is 21.7 Å². The van der Waals surface area contributed by atoms with Crippen LogP contribution in [0.4, 0.5) is 10.2 Å². The van der Waals surface area contributed by atoms with Crippen molar-refractivity contribution in [1.29, 1.82) is 0 Å². The summed E-state index contributed by atoms with van der Waals surface area (Å²) in [7, 11) is 0. The number of piperidine rings is 1. The number of anilines is 1. The summed E-state index contributed by atoms with van der Waals surface area (Å²) in [5.74, 6) is 0.763. The molecular weight excluding hydrogens is 325 g/mol. The highest BCUT2D eigenvalue weighted by Crippen LogP contribution is 2.46. The number of pyridine rings is 2. The Morgan fingerprint density at radius 3 is 2.76 bits per heavy atom. The second-order valence-corrected chi connectivity index (χ2v) is 7.41. The lowest BCUT2D eigenvalue weighted by molar-refractivity contribution is 0.598. The second-order valence-electron chi connectivity index (χ2n) is 7.41. The molecule has 1 aliphatic heterocycles. The number of halogens is 1. The maximum atomic E-state index is 14.8. The van der Waals surface area contributed by atoms with Gasteiger partial charge in [-0.25, -0.2) is 14.4 Å². The van der Waals surface area contributed by atoms with Gasteiger partial charge in [-0.05, 0) is 30.7 Å². The first-order valence-electron chi connectivity index (χ1n) is 8.62. The molecule has 0 radical (unpaired) electrons. The molecule has 2 unspecified atom stereocenters. The minimum Gasteiger partial charge on any atom is -0.442 e. The summed E-state index contributed by atoms with van der Waals surface area (Å²) < 4.78 is 21.8. The number of hydrogen-bond acceptors (Lipinski definition) is 6. The summed E-state index contributed by atoms with van der Waals surface area (Å²) in [4.78, 5) is 23.3. The van der Waals surface area contributed by atoms with E-state index >= 15 is 0 Å². The van der Waals surface area contributed by atoms with Crippen molar-refractivity contribution in [3.63, 3.8) is 0 Å². The molecule has 0 aromatic carbocycles. The Labute approximate surface area is 141 Å². The quantitative estimate of drug-likeness (QED) is 0.758. The van der Waals surface area contributed by atoms with Gasteiger partial charge in [0.05, 0.1) is 5.39 Å². The molecule has 6 rings (SSSR count). The monoisotopic (exact) mass is 341 g/mol. The first-order chi connectivity index (χ1) is 12.1. The Balaban J connectivity index is 1.61. The largest absolute Gasteiger partial charge is 0.442 e. The van der Waals surface area contributed by atoms with Gasteiger partial charge in [0.15, 0.2) is 29.1 Å².